The molecule has 1 heterocycles. The van der Waals surface area contributed by atoms with Crippen molar-refractivity contribution in [1.29, 1.82) is 0 Å². The normalized spacial score (nSPS) is 10.2. The second kappa shape index (κ2) is 4.75. The summed E-state index contributed by atoms with van der Waals surface area (Å²) in [4.78, 5) is 21.9. The molecule has 0 fully saturated rings. The Hall–Kier alpha value is -2.56. The molecule has 2 aromatic rings. The first-order chi connectivity index (χ1) is 8.58. The first-order valence-corrected chi connectivity index (χ1v) is 5.30. The molecule has 0 aliphatic rings. The Bertz CT molecular complexity index is 645. The molecule has 0 aliphatic carbocycles. The summed E-state index contributed by atoms with van der Waals surface area (Å²) in [6.07, 6.45) is 1.16. The molecule has 1 aromatic carbocycles. The lowest BCUT2D eigenvalue weighted by Crippen LogP contribution is -2.15. The van der Waals surface area contributed by atoms with Crippen molar-refractivity contribution in [2.75, 3.05) is 0 Å². The van der Waals surface area contributed by atoms with Crippen molar-refractivity contribution in [3.05, 3.63) is 58.5 Å². The lowest BCUT2D eigenvalue weighted by atomic mass is 9.99. The molecule has 0 spiro atoms. The molecule has 1 aromatic heterocycles. The van der Waals surface area contributed by atoms with Crippen LogP contribution in [0.3, 0.4) is 0 Å². The summed E-state index contributed by atoms with van der Waals surface area (Å²) in [6, 6.07) is 9.75. The van der Waals surface area contributed by atoms with Crippen molar-refractivity contribution in [3.63, 3.8) is 0 Å². The predicted octanol–water partition coefficient (Wildman–Crippen LogP) is 1.38. The van der Waals surface area contributed by atoms with Crippen molar-refractivity contribution in [1.82, 2.24) is 4.73 Å². The van der Waals surface area contributed by atoms with Gasteiger partial charge >= 0.3 is 5.97 Å². The maximum absolute atomic E-state index is 11.1. The molecule has 0 saturated carbocycles. The summed E-state index contributed by atoms with van der Waals surface area (Å²) < 4.78 is 0.479. The van der Waals surface area contributed by atoms with Gasteiger partial charge < -0.3 is 10.3 Å². The summed E-state index contributed by atoms with van der Waals surface area (Å²) in [7, 11) is 0. The Kier molecular flexibility index (Phi) is 3.14. The van der Waals surface area contributed by atoms with Gasteiger partial charge in [-0.25, -0.2) is 0 Å². The second-order valence-corrected chi connectivity index (χ2v) is 3.83. The number of hydrogen-bond donors (Lipinski definition) is 2. The Balaban J connectivity index is 2.52. The first kappa shape index (κ1) is 11.9. The van der Waals surface area contributed by atoms with E-state index in [-0.39, 0.29) is 6.42 Å². The molecule has 2 N–H and O–H groups in total. The first-order valence-electron chi connectivity index (χ1n) is 5.30. The van der Waals surface area contributed by atoms with Gasteiger partial charge in [-0.15, -0.1) is 0 Å². The Labute approximate surface area is 103 Å². The summed E-state index contributed by atoms with van der Waals surface area (Å²) in [6.45, 7) is 0. The monoisotopic (exact) mass is 245 g/mol. The van der Waals surface area contributed by atoms with E-state index in [9.17, 15) is 14.8 Å². The van der Waals surface area contributed by atoms with Gasteiger partial charge in [0.25, 0.3) is 5.56 Å². The highest BCUT2D eigenvalue weighted by Crippen LogP contribution is 2.22. The van der Waals surface area contributed by atoms with E-state index >= 15 is 0 Å². The fourth-order valence-corrected chi connectivity index (χ4v) is 1.75. The van der Waals surface area contributed by atoms with E-state index < -0.39 is 11.5 Å². The van der Waals surface area contributed by atoms with Gasteiger partial charge in [-0.1, -0.05) is 24.3 Å². The van der Waals surface area contributed by atoms with Crippen LogP contribution in [-0.4, -0.2) is 21.0 Å². The van der Waals surface area contributed by atoms with Gasteiger partial charge in [-0.05, 0) is 17.2 Å². The lowest BCUT2D eigenvalue weighted by Gasteiger charge is -2.08. The minimum absolute atomic E-state index is 0.110. The molecule has 5 nitrogen and oxygen atoms in total. The minimum Gasteiger partial charge on any atom is -0.481 e. The Morgan fingerprint density at radius 1 is 1.17 bits per heavy atom. The number of rotatable bonds is 3. The third-order valence-electron chi connectivity index (χ3n) is 2.56. The zero-order valence-electron chi connectivity index (χ0n) is 9.41. The number of benzene rings is 1. The van der Waals surface area contributed by atoms with Crippen LogP contribution in [0.15, 0.2) is 47.4 Å². The summed E-state index contributed by atoms with van der Waals surface area (Å²) >= 11 is 0. The fraction of sp³-hybridized carbons (Fsp3) is 0.0769. The minimum atomic E-state index is -0.931. The van der Waals surface area contributed by atoms with Crippen molar-refractivity contribution in [2.45, 2.75) is 6.42 Å². The Morgan fingerprint density at radius 3 is 2.56 bits per heavy atom. The number of carbonyl (C=O) groups is 1. The van der Waals surface area contributed by atoms with Gasteiger partial charge in [0.15, 0.2) is 0 Å². The van der Waals surface area contributed by atoms with Crippen LogP contribution in [-0.2, 0) is 11.2 Å². The van der Waals surface area contributed by atoms with E-state index in [0.717, 1.165) is 0 Å². The molecule has 0 unspecified atom stereocenters. The topological polar surface area (TPSA) is 79.5 Å². The van der Waals surface area contributed by atoms with Crippen LogP contribution in [0.2, 0.25) is 0 Å². The molecule has 0 atom stereocenters. The maximum Gasteiger partial charge on any atom is 0.307 e. The number of nitrogens with zero attached hydrogens (tertiary/aromatic N) is 1. The van der Waals surface area contributed by atoms with Gasteiger partial charge in [0.05, 0.1) is 12.6 Å². The molecular formula is C13H11NO4. The molecule has 18 heavy (non-hydrogen) atoms. The molecule has 0 bridgehead atoms. The smallest absolute Gasteiger partial charge is 0.307 e. The van der Waals surface area contributed by atoms with Crippen LogP contribution in [0.25, 0.3) is 11.1 Å². The molecule has 2 rings (SSSR count). The molecule has 0 saturated heterocycles. The summed E-state index contributed by atoms with van der Waals surface area (Å²) in [5.41, 5.74) is 1.37. The number of aromatic nitrogens is 1. The molecule has 0 amide bonds. The lowest BCUT2D eigenvalue weighted by molar-refractivity contribution is -0.136. The molecule has 0 radical (unpaired) electrons. The molecule has 5 heteroatoms. The van der Waals surface area contributed by atoms with Crippen molar-refractivity contribution in [2.24, 2.45) is 0 Å². The largest absolute Gasteiger partial charge is 0.481 e. The van der Waals surface area contributed by atoms with E-state index in [2.05, 4.69) is 0 Å². The average molecular weight is 245 g/mol. The van der Waals surface area contributed by atoms with Crippen LogP contribution in [0.5, 0.6) is 0 Å². The summed E-state index contributed by atoms with van der Waals surface area (Å²) in [5.74, 6) is -0.931. The molecule has 92 valence electrons. The van der Waals surface area contributed by atoms with Crippen molar-refractivity contribution in [3.8, 4) is 11.1 Å². The van der Waals surface area contributed by atoms with Crippen LogP contribution >= 0.6 is 0 Å². The van der Waals surface area contributed by atoms with Gasteiger partial charge in [0.2, 0.25) is 0 Å². The third-order valence-corrected chi connectivity index (χ3v) is 2.56. The van der Waals surface area contributed by atoms with Crippen LogP contribution in [0.1, 0.15) is 5.56 Å². The van der Waals surface area contributed by atoms with Crippen molar-refractivity contribution >= 4 is 5.97 Å². The summed E-state index contributed by atoms with van der Waals surface area (Å²) in [5, 5.41) is 18.2. The maximum atomic E-state index is 11.1. The molecule has 0 aliphatic heterocycles. The highest BCUT2D eigenvalue weighted by Gasteiger charge is 2.09. The van der Waals surface area contributed by atoms with E-state index in [0.29, 0.717) is 21.4 Å². The average Bonchev–Trinajstić information content (AvgIpc) is 2.33. The zero-order chi connectivity index (χ0) is 13.1. The standard InChI is InChI=1S/C13H11NO4/c15-12-6-5-10(8-14(12)18)11-4-2-1-3-9(11)7-13(16)17/h1-6,8,18H,7H2,(H,16,17). The van der Waals surface area contributed by atoms with Crippen molar-refractivity contribution < 1.29 is 15.1 Å². The number of carboxylic acid groups (broad SMARTS) is 1. The second-order valence-electron chi connectivity index (χ2n) is 3.83. The van der Waals surface area contributed by atoms with E-state index in [1.807, 2.05) is 0 Å². The zero-order valence-corrected chi connectivity index (χ0v) is 9.41. The number of pyridine rings is 1. The number of aliphatic carboxylic acids is 1. The predicted molar refractivity (Wildman–Crippen MR) is 64.7 cm³/mol. The van der Waals surface area contributed by atoms with Gasteiger partial charge in [0.1, 0.15) is 0 Å². The highest BCUT2D eigenvalue weighted by atomic mass is 16.5. The quantitative estimate of drug-likeness (QED) is 0.800. The third kappa shape index (κ3) is 2.40. The van der Waals surface area contributed by atoms with E-state index in [4.69, 9.17) is 5.11 Å². The van der Waals surface area contributed by atoms with Gasteiger partial charge in [-0.3, -0.25) is 9.59 Å². The molecular weight excluding hydrogens is 234 g/mol. The van der Waals surface area contributed by atoms with Gasteiger partial charge in [-0.2, -0.15) is 4.73 Å². The van der Waals surface area contributed by atoms with Crippen LogP contribution < -0.4 is 5.56 Å². The highest BCUT2D eigenvalue weighted by molar-refractivity contribution is 5.76. The van der Waals surface area contributed by atoms with Crippen LogP contribution in [0.4, 0.5) is 0 Å². The number of hydrogen-bond acceptors (Lipinski definition) is 3. The SMILES string of the molecule is O=C(O)Cc1ccccc1-c1ccc(=O)n(O)c1. The fourth-order valence-electron chi connectivity index (χ4n) is 1.75. The van der Waals surface area contributed by atoms with E-state index in [1.165, 1.54) is 12.3 Å². The van der Waals surface area contributed by atoms with Crippen LogP contribution in [0, 0.1) is 0 Å². The van der Waals surface area contributed by atoms with E-state index in [1.54, 1.807) is 30.3 Å². The Morgan fingerprint density at radius 2 is 1.89 bits per heavy atom. The van der Waals surface area contributed by atoms with Gasteiger partial charge in [0, 0.05) is 11.6 Å². The number of carboxylic acids is 1.